The van der Waals surface area contributed by atoms with Gasteiger partial charge in [-0.25, -0.2) is 9.03 Å². The molecule has 6 nitrogen and oxygen atoms in total. The Morgan fingerprint density at radius 1 is 0.327 bits per heavy atom. The number of para-hydroxylation sites is 4. The molecule has 49 heavy (non-hydrogen) atoms. The highest BCUT2D eigenvalue weighted by Gasteiger charge is 2.41. The predicted molar refractivity (Wildman–Crippen MR) is 201 cm³/mol. The van der Waals surface area contributed by atoms with Gasteiger partial charge in [-0.1, -0.05) is 109 Å². The van der Waals surface area contributed by atoms with Crippen LogP contribution in [0.2, 0.25) is 0 Å². The summed E-state index contributed by atoms with van der Waals surface area (Å²) in [6.45, 7) is 0. The fourth-order valence-electron chi connectivity index (χ4n) is 7.85. The van der Waals surface area contributed by atoms with Crippen LogP contribution in [0.5, 0.6) is 0 Å². The van der Waals surface area contributed by atoms with E-state index in [0.29, 0.717) is 0 Å². The number of rotatable bonds is 6. The van der Waals surface area contributed by atoms with Gasteiger partial charge in [-0.2, -0.15) is 10.2 Å². The first-order valence-corrected chi connectivity index (χ1v) is 18.5. The zero-order valence-electron chi connectivity index (χ0n) is 26.5. The van der Waals surface area contributed by atoms with E-state index in [1.165, 1.54) is 20.7 Å². The van der Waals surface area contributed by atoms with Crippen molar-refractivity contribution in [3.8, 4) is 11.4 Å². The minimum Gasteiger partial charge on any atom is -0.293 e. The molecule has 0 saturated carbocycles. The number of hydrogen-bond acceptors (Lipinski definition) is 2. The summed E-state index contributed by atoms with van der Waals surface area (Å²) in [5.41, 5.74) is 8.76. The summed E-state index contributed by atoms with van der Waals surface area (Å²) in [4.78, 5) is 0. The lowest BCUT2D eigenvalue weighted by molar-refractivity contribution is 0.992. The Morgan fingerprint density at radius 2 is 0.673 bits per heavy atom. The molecule has 4 aromatic heterocycles. The largest absolute Gasteiger partial charge is 0.293 e. The van der Waals surface area contributed by atoms with E-state index in [1.807, 2.05) is 21.4 Å². The van der Waals surface area contributed by atoms with E-state index in [2.05, 4.69) is 189 Å². The predicted octanol–water partition coefficient (Wildman–Crippen LogP) is 6.25. The highest BCUT2D eigenvalue weighted by molar-refractivity contribution is 7.19. The molecule has 0 radical (unpaired) electrons. The quantitative estimate of drug-likeness (QED) is 0.159. The van der Waals surface area contributed by atoms with E-state index in [0.717, 1.165) is 44.7 Å². The molecular weight excluding hydrogens is 617 g/mol. The van der Waals surface area contributed by atoms with Gasteiger partial charge >= 0.3 is 0 Å². The number of benzene rings is 6. The van der Waals surface area contributed by atoms with Crippen LogP contribution in [0.4, 0.5) is 0 Å². The third kappa shape index (κ3) is 4.00. The summed E-state index contributed by atoms with van der Waals surface area (Å²) in [7, 11) is -2.76. The average molecular weight is 647 g/mol. The zero-order valence-corrected chi connectivity index (χ0v) is 27.5. The van der Waals surface area contributed by atoms with Crippen LogP contribution < -0.4 is 20.7 Å². The molecule has 0 saturated heterocycles. The molecule has 0 unspecified atom stereocenters. The van der Waals surface area contributed by atoms with Crippen LogP contribution >= 0.6 is 0 Å². The van der Waals surface area contributed by atoms with Crippen LogP contribution in [-0.4, -0.2) is 36.4 Å². The molecule has 0 fully saturated rings. The van der Waals surface area contributed by atoms with Crippen LogP contribution in [0.25, 0.3) is 44.7 Å². The van der Waals surface area contributed by atoms with Crippen molar-refractivity contribution >= 4 is 62.2 Å². The van der Waals surface area contributed by atoms with Crippen molar-refractivity contribution in [3.63, 3.8) is 0 Å². The summed E-state index contributed by atoms with van der Waals surface area (Å²) >= 11 is 0. The lowest BCUT2D eigenvalue weighted by Crippen LogP contribution is -2.74. The van der Waals surface area contributed by atoms with Gasteiger partial charge in [-0.15, -0.1) is 0 Å². The van der Waals surface area contributed by atoms with Crippen molar-refractivity contribution in [2.24, 2.45) is 0 Å². The summed E-state index contributed by atoms with van der Waals surface area (Å²) in [6.07, 6.45) is 3.74. The molecule has 7 heteroatoms. The topological polar surface area (TPSA) is 44.5 Å². The van der Waals surface area contributed by atoms with Gasteiger partial charge in [-0.3, -0.25) is 9.13 Å². The maximum absolute atomic E-state index is 4.62. The third-order valence-electron chi connectivity index (χ3n) is 9.94. The van der Waals surface area contributed by atoms with Crippen molar-refractivity contribution in [2.75, 3.05) is 0 Å². The molecule has 4 heterocycles. The van der Waals surface area contributed by atoms with Crippen LogP contribution in [-0.2, 0) is 0 Å². The van der Waals surface area contributed by atoms with Gasteiger partial charge in [0.15, 0.2) is 8.07 Å². The molecule has 0 spiro atoms. The number of fused-ring (bicyclic) bond motifs is 6. The zero-order chi connectivity index (χ0) is 32.4. The van der Waals surface area contributed by atoms with E-state index in [4.69, 9.17) is 0 Å². The van der Waals surface area contributed by atoms with Gasteiger partial charge in [0, 0.05) is 23.5 Å². The van der Waals surface area contributed by atoms with Crippen molar-refractivity contribution in [2.45, 2.75) is 0 Å². The molecule has 0 aliphatic heterocycles. The molecule has 0 bridgehead atoms. The van der Waals surface area contributed by atoms with Crippen LogP contribution in [0.3, 0.4) is 0 Å². The summed E-state index contributed by atoms with van der Waals surface area (Å²) < 4.78 is 8.63. The van der Waals surface area contributed by atoms with Crippen LogP contribution in [0.1, 0.15) is 0 Å². The third-order valence-corrected chi connectivity index (χ3v) is 14.7. The van der Waals surface area contributed by atoms with Gasteiger partial charge < -0.3 is 0 Å². The first kappa shape index (κ1) is 27.6. The highest BCUT2D eigenvalue weighted by Crippen LogP contribution is 2.26. The van der Waals surface area contributed by atoms with Crippen molar-refractivity contribution < 1.29 is 0 Å². The van der Waals surface area contributed by atoms with Gasteiger partial charge in [0.05, 0.1) is 34.5 Å². The van der Waals surface area contributed by atoms with Crippen molar-refractivity contribution in [1.29, 1.82) is 0 Å². The Morgan fingerprint density at radius 3 is 1.08 bits per heavy atom. The highest BCUT2D eigenvalue weighted by atomic mass is 28.3. The molecule has 0 aliphatic rings. The Kier molecular flexibility index (Phi) is 6.09. The summed E-state index contributed by atoms with van der Waals surface area (Å²) in [5.74, 6) is 0. The molecule has 232 valence electrons. The first-order chi connectivity index (χ1) is 24.3. The molecule has 6 aromatic carbocycles. The van der Waals surface area contributed by atoms with E-state index < -0.39 is 8.07 Å². The fraction of sp³-hybridized carbons (Fsp3) is 0. The average Bonchev–Trinajstić information content (AvgIpc) is 3.96. The minimum atomic E-state index is -2.76. The Hall–Kier alpha value is -6.44. The monoisotopic (exact) mass is 646 g/mol. The second-order valence-electron chi connectivity index (χ2n) is 12.4. The Balaban J connectivity index is 1.19. The Labute approximate surface area is 283 Å². The van der Waals surface area contributed by atoms with Crippen molar-refractivity contribution in [1.82, 2.24) is 28.4 Å². The van der Waals surface area contributed by atoms with E-state index in [1.54, 1.807) is 0 Å². The van der Waals surface area contributed by atoms with Crippen LogP contribution in [0, 0.1) is 0 Å². The standard InChI is InChI=1S/C42H30N6Si/c1-3-11-33(12-4-1)49(34-13-5-2-6-14-34,35-23-19-31(20-24-35)45-37-15-7-9-17-39(37)47-41(45)27-29-43-47)36-25-21-32(22-26-36)46-38-16-8-10-18-40(38)48-42(46)28-30-44-48/h1-30H. The van der Waals surface area contributed by atoms with Crippen LogP contribution in [0.15, 0.2) is 182 Å². The van der Waals surface area contributed by atoms with Gasteiger partial charge in [0.2, 0.25) is 0 Å². The minimum absolute atomic E-state index is 1.05. The molecule has 0 N–H and O–H groups in total. The van der Waals surface area contributed by atoms with E-state index >= 15 is 0 Å². The lowest BCUT2D eigenvalue weighted by Gasteiger charge is -2.34. The number of hydrogen-bond donors (Lipinski definition) is 0. The number of nitrogens with zero attached hydrogens (tertiary/aromatic N) is 6. The van der Waals surface area contributed by atoms with Gasteiger partial charge in [-0.05, 0) is 69.3 Å². The SMILES string of the molecule is c1ccc([Si](c2ccccc2)(c2ccc(-n3c4ccccc4n4nccc34)cc2)c2ccc(-n3c4ccccc4n4nccc34)cc2)cc1. The van der Waals surface area contributed by atoms with Gasteiger partial charge in [0.25, 0.3) is 0 Å². The molecule has 0 atom stereocenters. The fourth-order valence-corrected chi connectivity index (χ4v) is 12.6. The summed E-state index contributed by atoms with van der Waals surface area (Å²) in [6, 6.07) is 61.7. The van der Waals surface area contributed by atoms with E-state index in [9.17, 15) is 0 Å². The van der Waals surface area contributed by atoms with Gasteiger partial charge in [0.1, 0.15) is 11.3 Å². The van der Waals surface area contributed by atoms with Crippen molar-refractivity contribution in [3.05, 3.63) is 182 Å². The number of imidazole rings is 2. The second kappa shape index (κ2) is 10.8. The lowest BCUT2D eigenvalue weighted by atomic mass is 10.2. The first-order valence-electron chi connectivity index (χ1n) is 16.5. The molecule has 0 aliphatic carbocycles. The second-order valence-corrected chi connectivity index (χ2v) is 16.2. The molecular formula is C42H30N6Si. The number of aromatic nitrogens is 6. The Bertz CT molecular complexity index is 2560. The maximum atomic E-state index is 4.62. The maximum Gasteiger partial charge on any atom is 0.179 e. The molecule has 10 rings (SSSR count). The summed E-state index contributed by atoms with van der Waals surface area (Å²) in [5, 5.41) is 14.6. The normalized spacial score (nSPS) is 12.1. The van der Waals surface area contributed by atoms with E-state index in [-0.39, 0.29) is 0 Å². The molecule has 10 aromatic rings. The smallest absolute Gasteiger partial charge is 0.179 e. The molecule has 0 amide bonds.